The van der Waals surface area contributed by atoms with Gasteiger partial charge in [-0.15, -0.1) is 0 Å². The molecule has 1 saturated heterocycles. The molecule has 5 nitrogen and oxygen atoms in total. The van der Waals surface area contributed by atoms with E-state index in [1.807, 2.05) is 0 Å². The van der Waals surface area contributed by atoms with E-state index in [0.717, 1.165) is 0 Å². The second kappa shape index (κ2) is 9.08. The van der Waals surface area contributed by atoms with E-state index in [1.165, 1.54) is 30.3 Å². The lowest BCUT2D eigenvalue weighted by molar-refractivity contribution is -0.127. The number of urea groups is 1. The Labute approximate surface area is 172 Å². The highest BCUT2D eigenvalue weighted by Gasteiger charge is 2.23. The second-order valence-electron chi connectivity index (χ2n) is 6.22. The third kappa shape index (κ3) is 5.03. The SMILES string of the molecule is O=C(/C=C/c1c(Cl)cccc1Cl)N1CCN(C(=O)Nc2ccc(F)cc2)CC1. The van der Waals surface area contributed by atoms with Gasteiger partial charge in [0.05, 0.1) is 0 Å². The highest BCUT2D eigenvalue weighted by molar-refractivity contribution is 6.37. The van der Waals surface area contributed by atoms with Gasteiger partial charge in [-0.1, -0.05) is 29.3 Å². The van der Waals surface area contributed by atoms with Crippen LogP contribution in [0, 0.1) is 5.82 Å². The fraction of sp³-hybridized carbons (Fsp3) is 0.200. The summed E-state index contributed by atoms with van der Waals surface area (Å²) in [6, 6.07) is 10.4. The zero-order valence-electron chi connectivity index (χ0n) is 14.9. The Morgan fingerprint density at radius 3 is 2.11 bits per heavy atom. The average Bonchev–Trinajstić information content (AvgIpc) is 2.69. The number of carbonyl (C=O) groups excluding carboxylic acids is 2. The summed E-state index contributed by atoms with van der Waals surface area (Å²) < 4.78 is 12.9. The number of rotatable bonds is 3. The van der Waals surface area contributed by atoms with Gasteiger partial charge in [-0.05, 0) is 42.5 Å². The molecule has 8 heteroatoms. The van der Waals surface area contributed by atoms with Crippen molar-refractivity contribution in [3.63, 3.8) is 0 Å². The molecule has 0 spiro atoms. The Morgan fingerprint density at radius 2 is 1.50 bits per heavy atom. The van der Waals surface area contributed by atoms with E-state index in [0.29, 0.717) is 47.5 Å². The minimum absolute atomic E-state index is 0.172. The van der Waals surface area contributed by atoms with Crippen molar-refractivity contribution in [3.05, 3.63) is 70.0 Å². The van der Waals surface area contributed by atoms with Crippen LogP contribution < -0.4 is 5.32 Å². The fourth-order valence-electron chi connectivity index (χ4n) is 2.80. The lowest BCUT2D eigenvalue weighted by Crippen LogP contribution is -2.51. The standard InChI is InChI=1S/C20H18Cl2FN3O2/c21-17-2-1-3-18(22)16(17)8-9-19(27)25-10-12-26(13-11-25)20(28)24-15-6-4-14(23)5-7-15/h1-9H,10-13H2,(H,24,28)/b9-8+. The van der Waals surface area contributed by atoms with Crippen LogP contribution in [0.5, 0.6) is 0 Å². The largest absolute Gasteiger partial charge is 0.336 e. The van der Waals surface area contributed by atoms with Crippen LogP contribution in [0.25, 0.3) is 6.08 Å². The molecule has 1 heterocycles. The number of hydrogen-bond donors (Lipinski definition) is 1. The molecule has 0 atom stereocenters. The maximum atomic E-state index is 12.9. The minimum atomic E-state index is -0.365. The average molecular weight is 422 g/mol. The van der Waals surface area contributed by atoms with Gasteiger partial charge >= 0.3 is 6.03 Å². The molecule has 1 aliphatic rings. The third-order valence-electron chi connectivity index (χ3n) is 4.37. The highest BCUT2D eigenvalue weighted by atomic mass is 35.5. The number of hydrogen-bond acceptors (Lipinski definition) is 2. The van der Waals surface area contributed by atoms with Crippen molar-refractivity contribution in [2.45, 2.75) is 0 Å². The normalized spacial score (nSPS) is 14.4. The van der Waals surface area contributed by atoms with Crippen LogP contribution in [0.2, 0.25) is 10.0 Å². The van der Waals surface area contributed by atoms with Crippen molar-refractivity contribution >= 4 is 46.9 Å². The van der Waals surface area contributed by atoms with E-state index in [4.69, 9.17) is 23.2 Å². The zero-order chi connectivity index (χ0) is 20.1. The van der Waals surface area contributed by atoms with Crippen LogP contribution in [0.15, 0.2) is 48.5 Å². The van der Waals surface area contributed by atoms with Gasteiger partial charge in [0.15, 0.2) is 0 Å². The summed E-state index contributed by atoms with van der Waals surface area (Å²) >= 11 is 12.2. The number of halogens is 3. The van der Waals surface area contributed by atoms with E-state index in [1.54, 1.807) is 34.1 Å². The summed E-state index contributed by atoms with van der Waals surface area (Å²) in [5.41, 5.74) is 1.11. The summed E-state index contributed by atoms with van der Waals surface area (Å²) in [5, 5.41) is 3.66. The van der Waals surface area contributed by atoms with Crippen molar-refractivity contribution in [3.8, 4) is 0 Å². The van der Waals surface area contributed by atoms with Crippen LogP contribution in [0.1, 0.15) is 5.56 Å². The Morgan fingerprint density at radius 1 is 0.929 bits per heavy atom. The predicted octanol–water partition coefficient (Wildman–Crippen LogP) is 4.52. The number of nitrogens with one attached hydrogen (secondary N) is 1. The second-order valence-corrected chi connectivity index (χ2v) is 7.03. The molecule has 28 heavy (non-hydrogen) atoms. The lowest BCUT2D eigenvalue weighted by atomic mass is 10.2. The lowest BCUT2D eigenvalue weighted by Gasteiger charge is -2.34. The first kappa shape index (κ1) is 20.2. The molecule has 0 radical (unpaired) electrons. The van der Waals surface area contributed by atoms with Gasteiger partial charge < -0.3 is 15.1 Å². The molecule has 0 unspecified atom stereocenters. The quantitative estimate of drug-likeness (QED) is 0.740. The van der Waals surface area contributed by atoms with E-state index >= 15 is 0 Å². The van der Waals surface area contributed by atoms with Crippen LogP contribution in [0.4, 0.5) is 14.9 Å². The van der Waals surface area contributed by atoms with Crippen molar-refractivity contribution in [2.75, 3.05) is 31.5 Å². The molecule has 0 aromatic heterocycles. The van der Waals surface area contributed by atoms with Gasteiger partial charge in [-0.25, -0.2) is 9.18 Å². The van der Waals surface area contributed by atoms with Crippen LogP contribution in [0.3, 0.4) is 0 Å². The van der Waals surface area contributed by atoms with E-state index < -0.39 is 0 Å². The molecular formula is C20H18Cl2FN3O2. The van der Waals surface area contributed by atoms with Gasteiger partial charge in [-0.3, -0.25) is 4.79 Å². The van der Waals surface area contributed by atoms with Crippen molar-refractivity contribution in [1.82, 2.24) is 9.80 Å². The van der Waals surface area contributed by atoms with Gasteiger partial charge in [0, 0.05) is 53.6 Å². The smallest absolute Gasteiger partial charge is 0.321 e. The molecule has 1 fully saturated rings. The molecule has 0 saturated carbocycles. The van der Waals surface area contributed by atoms with Crippen molar-refractivity contribution in [2.24, 2.45) is 0 Å². The third-order valence-corrected chi connectivity index (χ3v) is 5.03. The number of amides is 3. The zero-order valence-corrected chi connectivity index (χ0v) is 16.4. The first-order valence-electron chi connectivity index (χ1n) is 8.66. The number of nitrogens with zero attached hydrogens (tertiary/aromatic N) is 2. The summed E-state index contributed by atoms with van der Waals surface area (Å²) in [6.07, 6.45) is 3.03. The van der Waals surface area contributed by atoms with E-state index in [-0.39, 0.29) is 17.8 Å². The maximum Gasteiger partial charge on any atom is 0.321 e. The van der Waals surface area contributed by atoms with Crippen molar-refractivity contribution in [1.29, 1.82) is 0 Å². The monoisotopic (exact) mass is 421 g/mol. The molecule has 0 aliphatic carbocycles. The first-order chi connectivity index (χ1) is 13.4. The number of anilines is 1. The Kier molecular flexibility index (Phi) is 6.54. The summed E-state index contributed by atoms with van der Waals surface area (Å²) in [7, 11) is 0. The number of benzene rings is 2. The molecule has 1 aliphatic heterocycles. The molecule has 1 N–H and O–H groups in total. The van der Waals surface area contributed by atoms with Gasteiger partial charge in [-0.2, -0.15) is 0 Å². The molecule has 146 valence electrons. The summed E-state index contributed by atoms with van der Waals surface area (Å²) in [6.45, 7) is 1.63. The van der Waals surface area contributed by atoms with Crippen molar-refractivity contribution < 1.29 is 14.0 Å². The van der Waals surface area contributed by atoms with Crippen LogP contribution in [-0.4, -0.2) is 47.9 Å². The fourth-order valence-corrected chi connectivity index (χ4v) is 3.32. The number of piperazine rings is 1. The van der Waals surface area contributed by atoms with Gasteiger partial charge in [0.2, 0.25) is 5.91 Å². The maximum absolute atomic E-state index is 12.9. The molecular weight excluding hydrogens is 404 g/mol. The Bertz CT molecular complexity index is 875. The highest BCUT2D eigenvalue weighted by Crippen LogP contribution is 2.25. The summed E-state index contributed by atoms with van der Waals surface area (Å²) in [5.74, 6) is -0.536. The van der Waals surface area contributed by atoms with E-state index in [2.05, 4.69) is 5.32 Å². The Balaban J connectivity index is 1.53. The minimum Gasteiger partial charge on any atom is -0.336 e. The predicted molar refractivity (Wildman–Crippen MR) is 109 cm³/mol. The van der Waals surface area contributed by atoms with Crippen LogP contribution >= 0.6 is 23.2 Å². The number of carbonyl (C=O) groups is 2. The molecule has 0 bridgehead atoms. The molecule has 2 aromatic carbocycles. The van der Waals surface area contributed by atoms with Crippen LogP contribution in [-0.2, 0) is 4.79 Å². The Hall–Kier alpha value is -2.57. The molecule has 3 rings (SSSR count). The first-order valence-corrected chi connectivity index (χ1v) is 9.42. The molecule has 2 aromatic rings. The topological polar surface area (TPSA) is 52.7 Å². The van der Waals surface area contributed by atoms with E-state index in [9.17, 15) is 14.0 Å². The summed E-state index contributed by atoms with van der Waals surface area (Å²) in [4.78, 5) is 27.9. The van der Waals surface area contributed by atoms with Gasteiger partial charge in [0.1, 0.15) is 5.82 Å². The van der Waals surface area contributed by atoms with Gasteiger partial charge in [0.25, 0.3) is 0 Å². The molecule has 3 amide bonds.